The number of nitrogens with one attached hydrogen (secondary N) is 1. The lowest BCUT2D eigenvalue weighted by Gasteiger charge is -2.48. The summed E-state index contributed by atoms with van der Waals surface area (Å²) in [6.45, 7) is 4.54. The number of hydrogen-bond donors (Lipinski definition) is 2. The molecule has 4 aliphatic heterocycles. The summed E-state index contributed by atoms with van der Waals surface area (Å²) in [7, 11) is 0. The first-order chi connectivity index (χ1) is 22.9. The van der Waals surface area contributed by atoms with Crippen molar-refractivity contribution in [2.24, 2.45) is 11.3 Å². The Labute approximate surface area is 278 Å². The number of ether oxygens (including phenoxy) is 4. The van der Waals surface area contributed by atoms with Crippen LogP contribution in [0.15, 0.2) is 30.3 Å². The molecule has 2 aliphatic carbocycles. The summed E-state index contributed by atoms with van der Waals surface area (Å²) in [4.78, 5) is 34.9. The molecule has 0 radical (unpaired) electrons. The molecule has 6 fully saturated rings. The number of hydroxylamine groups is 2. The smallest absolute Gasteiger partial charge is 0.327 e. The average molecular weight is 653 g/mol. The highest BCUT2D eigenvalue weighted by Crippen LogP contribution is 2.58. The van der Waals surface area contributed by atoms with E-state index in [1.807, 2.05) is 18.2 Å². The van der Waals surface area contributed by atoms with Gasteiger partial charge in [-0.05, 0) is 49.1 Å². The first kappa shape index (κ1) is 33.2. The second kappa shape index (κ2) is 13.9. The highest BCUT2D eigenvalue weighted by molar-refractivity contribution is 5.93. The van der Waals surface area contributed by atoms with Gasteiger partial charge in [0.1, 0.15) is 29.8 Å². The maximum Gasteiger partial charge on any atom is 0.327 e. The molecular weight excluding hydrogens is 600 g/mol. The van der Waals surface area contributed by atoms with Gasteiger partial charge in [-0.25, -0.2) is 0 Å². The van der Waals surface area contributed by atoms with Gasteiger partial charge in [-0.3, -0.25) is 14.4 Å². The Morgan fingerprint density at radius 2 is 1.79 bits per heavy atom. The van der Waals surface area contributed by atoms with Crippen LogP contribution in [-0.2, 0) is 39.9 Å². The van der Waals surface area contributed by atoms with E-state index in [2.05, 4.69) is 37.4 Å². The summed E-state index contributed by atoms with van der Waals surface area (Å²) in [6, 6.07) is 7.18. The van der Waals surface area contributed by atoms with E-state index in [0.717, 1.165) is 81.8 Å². The predicted octanol–water partition coefficient (Wildman–Crippen LogP) is 4.82. The number of fused-ring (bicyclic) bond motifs is 5. The lowest BCUT2D eigenvalue weighted by Crippen LogP contribution is -2.69. The van der Waals surface area contributed by atoms with Crippen molar-refractivity contribution in [1.29, 1.82) is 0 Å². The van der Waals surface area contributed by atoms with Crippen LogP contribution in [0.25, 0.3) is 6.08 Å². The average Bonchev–Trinajstić information content (AvgIpc) is 3.62. The van der Waals surface area contributed by atoms with E-state index in [1.54, 1.807) is 5.06 Å². The van der Waals surface area contributed by atoms with Gasteiger partial charge in [-0.1, -0.05) is 75.9 Å². The fourth-order valence-corrected chi connectivity index (χ4v) is 8.89. The summed E-state index contributed by atoms with van der Waals surface area (Å²) in [5.74, 6) is -1.12. The van der Waals surface area contributed by atoms with Gasteiger partial charge >= 0.3 is 5.97 Å². The SMILES string of the molecule is CCCCCC1(CCCCC)O[C@@H]2[C@H](O1)[C@H]1ON(Cc3ccccc3C=CC3CCC4OC4C3)[C@H]3C(=O)O[C@@H]2C[C@@]13C(=O)NCCO. The molecule has 9 atom stereocenters. The van der Waals surface area contributed by atoms with E-state index in [4.69, 9.17) is 23.8 Å². The van der Waals surface area contributed by atoms with E-state index in [-0.39, 0.29) is 25.5 Å². The van der Waals surface area contributed by atoms with Crippen LogP contribution in [0.4, 0.5) is 0 Å². The van der Waals surface area contributed by atoms with Crippen molar-refractivity contribution >= 4 is 18.0 Å². The van der Waals surface area contributed by atoms with Crippen LogP contribution in [0.1, 0.15) is 102 Å². The molecule has 4 heterocycles. The molecule has 258 valence electrons. The Bertz CT molecular complexity index is 1310. The van der Waals surface area contributed by atoms with Crippen LogP contribution in [0.5, 0.6) is 0 Å². The van der Waals surface area contributed by atoms with E-state index in [1.165, 1.54) is 0 Å². The molecule has 2 saturated carbocycles. The van der Waals surface area contributed by atoms with Crippen LogP contribution < -0.4 is 5.32 Å². The number of aliphatic hydroxyl groups excluding tert-OH is 1. The normalized spacial score (nSPS) is 36.6. The number of allylic oxidation sites excluding steroid dienone is 1. The number of esters is 1. The summed E-state index contributed by atoms with van der Waals surface area (Å²) in [5, 5.41) is 14.1. The quantitative estimate of drug-likeness (QED) is 0.156. The number of carbonyl (C=O) groups is 2. The number of unbranched alkanes of at least 4 members (excludes halogenated alkanes) is 4. The van der Waals surface area contributed by atoms with E-state index >= 15 is 0 Å². The minimum Gasteiger partial charge on any atom is -0.458 e. The summed E-state index contributed by atoms with van der Waals surface area (Å²) in [6.07, 6.45) is 14.2. The van der Waals surface area contributed by atoms with Crippen LogP contribution in [-0.4, -0.2) is 83.7 Å². The first-order valence-electron chi connectivity index (χ1n) is 18.2. The molecule has 1 aromatic carbocycles. The highest BCUT2D eigenvalue weighted by atomic mass is 16.8. The topological polar surface area (TPSA) is 119 Å². The molecule has 10 nitrogen and oxygen atoms in total. The number of carbonyl (C=O) groups excluding carboxylic acids is 2. The Morgan fingerprint density at radius 3 is 2.53 bits per heavy atom. The van der Waals surface area contributed by atoms with Crippen molar-refractivity contribution in [3.63, 3.8) is 0 Å². The molecule has 3 unspecified atom stereocenters. The Kier molecular flexibility index (Phi) is 9.80. The minimum atomic E-state index is -1.24. The Morgan fingerprint density at radius 1 is 1.02 bits per heavy atom. The molecule has 0 spiro atoms. The fourth-order valence-electron chi connectivity index (χ4n) is 8.89. The molecule has 4 saturated heterocycles. The third-order valence-electron chi connectivity index (χ3n) is 11.4. The number of nitrogens with zero attached hydrogens (tertiary/aromatic N) is 1. The van der Waals surface area contributed by atoms with Crippen molar-refractivity contribution in [2.45, 2.75) is 146 Å². The lowest BCUT2D eigenvalue weighted by molar-refractivity contribution is -0.224. The van der Waals surface area contributed by atoms with Crippen LogP contribution in [0.2, 0.25) is 0 Å². The van der Waals surface area contributed by atoms with Crippen molar-refractivity contribution in [3.05, 3.63) is 41.5 Å². The van der Waals surface area contributed by atoms with E-state index < -0.39 is 47.6 Å². The third-order valence-corrected chi connectivity index (χ3v) is 11.4. The van der Waals surface area contributed by atoms with Gasteiger partial charge in [-0.15, -0.1) is 0 Å². The zero-order chi connectivity index (χ0) is 32.6. The standard InChI is InChI=1S/C37H52N2O8/c1-3-5-9-17-36(18-10-6-4-2)45-30-29-22-37(35(42)38-19-20-40)32(34(41)44-29)39(47-33(37)31(30)46-36)23-26-12-8-7-11-25(26)15-13-24-14-16-27-28(21-24)43-27/h7-8,11-13,15,24,27-33,40H,3-6,9-10,14,16-23H2,1-2H3,(H,38,42)/t24?,27?,28?,29-,30+,31+,32+,33-,37+/m1/s1. The molecule has 6 aliphatic rings. The van der Waals surface area contributed by atoms with Crippen LogP contribution in [0.3, 0.4) is 0 Å². The molecular formula is C37H52N2O8. The number of aliphatic hydroxyl groups is 1. The van der Waals surface area contributed by atoms with Gasteiger partial charge < -0.3 is 29.4 Å². The first-order valence-corrected chi connectivity index (χ1v) is 18.2. The summed E-state index contributed by atoms with van der Waals surface area (Å²) >= 11 is 0. The Hall–Kier alpha value is -2.34. The number of rotatable bonds is 15. The molecule has 1 aromatic rings. The molecule has 0 aromatic heterocycles. The molecule has 7 rings (SSSR count). The van der Waals surface area contributed by atoms with Crippen LogP contribution in [0, 0.1) is 11.3 Å². The zero-order valence-corrected chi connectivity index (χ0v) is 27.9. The lowest BCUT2D eigenvalue weighted by atomic mass is 9.62. The molecule has 2 N–H and O–H groups in total. The predicted molar refractivity (Wildman–Crippen MR) is 173 cm³/mol. The van der Waals surface area contributed by atoms with Gasteiger partial charge in [0.15, 0.2) is 11.8 Å². The van der Waals surface area contributed by atoms with Gasteiger partial charge in [0.25, 0.3) is 0 Å². The highest BCUT2D eigenvalue weighted by Gasteiger charge is 2.76. The summed E-state index contributed by atoms with van der Waals surface area (Å²) in [5.41, 5.74) is 0.805. The Balaban J connectivity index is 1.18. The van der Waals surface area contributed by atoms with Crippen molar-refractivity contribution in [2.75, 3.05) is 13.2 Å². The van der Waals surface area contributed by atoms with Gasteiger partial charge in [0.2, 0.25) is 5.91 Å². The molecule has 2 bridgehead atoms. The van der Waals surface area contributed by atoms with Crippen molar-refractivity contribution < 1.29 is 38.5 Å². The second-order valence-electron chi connectivity index (χ2n) is 14.5. The van der Waals surface area contributed by atoms with E-state index in [0.29, 0.717) is 24.7 Å². The van der Waals surface area contributed by atoms with Crippen molar-refractivity contribution in [1.82, 2.24) is 10.4 Å². The number of amides is 1. The van der Waals surface area contributed by atoms with E-state index in [9.17, 15) is 14.7 Å². The maximum atomic E-state index is 14.2. The fraction of sp³-hybridized carbons (Fsp3) is 0.730. The molecule has 47 heavy (non-hydrogen) atoms. The largest absolute Gasteiger partial charge is 0.458 e. The van der Waals surface area contributed by atoms with Gasteiger partial charge in [0.05, 0.1) is 25.4 Å². The van der Waals surface area contributed by atoms with Crippen molar-refractivity contribution in [3.8, 4) is 0 Å². The third kappa shape index (κ3) is 6.30. The minimum absolute atomic E-state index is 0.0879. The van der Waals surface area contributed by atoms with Gasteiger partial charge in [-0.2, -0.15) is 5.06 Å². The monoisotopic (exact) mass is 652 g/mol. The number of epoxide rings is 1. The van der Waals surface area contributed by atoms with Crippen LogP contribution >= 0.6 is 0 Å². The summed E-state index contributed by atoms with van der Waals surface area (Å²) < 4.78 is 25.7. The second-order valence-corrected chi connectivity index (χ2v) is 14.5. The number of benzene rings is 1. The maximum absolute atomic E-state index is 14.2. The molecule has 10 heteroatoms. The van der Waals surface area contributed by atoms with Gasteiger partial charge in [0, 0.05) is 25.8 Å². The number of hydrogen-bond acceptors (Lipinski definition) is 9. The molecule has 1 amide bonds. The zero-order valence-electron chi connectivity index (χ0n) is 27.9.